The number of benzene rings is 1. The first-order valence-electron chi connectivity index (χ1n) is 9.63. The molecule has 0 bridgehead atoms. The number of rotatable bonds is 5. The van der Waals surface area contributed by atoms with E-state index in [1.807, 2.05) is 6.26 Å². The average molecular weight is 446 g/mol. The Bertz CT molecular complexity index is 1150. The fraction of sp³-hybridized carbons (Fsp3) is 0.381. The van der Waals surface area contributed by atoms with Crippen LogP contribution in [-0.2, 0) is 4.74 Å². The SMILES string of the molecule is COc1cc(OC)c(F)c(-c2cc3cnc(SC)nc3c(N3CC4(COC4)C3)n2)c1F. The molecular weight excluding hydrogens is 426 g/mol. The molecule has 2 aliphatic heterocycles. The lowest BCUT2D eigenvalue weighted by Crippen LogP contribution is -2.66. The van der Waals surface area contributed by atoms with Crippen LogP contribution in [-0.4, -0.2) is 61.7 Å². The molecule has 5 rings (SSSR count). The average Bonchev–Trinajstić information content (AvgIpc) is 2.71. The molecule has 10 heteroatoms. The number of thioether (sulfide) groups is 1. The number of halogens is 2. The minimum atomic E-state index is -0.840. The van der Waals surface area contributed by atoms with Crippen molar-refractivity contribution in [2.45, 2.75) is 5.16 Å². The van der Waals surface area contributed by atoms with Crippen LogP contribution in [0.5, 0.6) is 11.5 Å². The number of ether oxygens (including phenoxy) is 3. The maximum atomic E-state index is 15.1. The number of hydrogen-bond acceptors (Lipinski definition) is 8. The Kier molecular flexibility index (Phi) is 4.86. The highest BCUT2D eigenvalue weighted by Crippen LogP contribution is 2.43. The first-order valence-corrected chi connectivity index (χ1v) is 10.9. The standard InChI is InChI=1S/C21H20F2N4O3S/c1-28-13-5-14(29-2)17(23)15(16(13)22)12-4-11-6-24-20(31-3)26-18(11)19(25-12)27-7-21(8-27)9-30-10-21/h4-6H,7-10H2,1-3H3. The Morgan fingerprint density at radius 1 is 1.06 bits per heavy atom. The van der Waals surface area contributed by atoms with Gasteiger partial charge >= 0.3 is 0 Å². The Morgan fingerprint density at radius 3 is 2.29 bits per heavy atom. The lowest BCUT2D eigenvalue weighted by Gasteiger charge is -2.55. The fourth-order valence-electron chi connectivity index (χ4n) is 4.05. The van der Waals surface area contributed by atoms with Crippen molar-refractivity contribution in [1.29, 1.82) is 0 Å². The van der Waals surface area contributed by atoms with E-state index in [1.54, 1.807) is 12.3 Å². The van der Waals surface area contributed by atoms with Crippen LogP contribution in [0.4, 0.5) is 14.6 Å². The van der Waals surface area contributed by atoms with Gasteiger partial charge in [0.2, 0.25) is 0 Å². The van der Waals surface area contributed by atoms with Crippen LogP contribution in [0.3, 0.4) is 0 Å². The first kappa shape index (κ1) is 20.2. The second-order valence-corrected chi connectivity index (χ2v) is 8.53. The van der Waals surface area contributed by atoms with Gasteiger partial charge in [0.1, 0.15) is 5.52 Å². The van der Waals surface area contributed by atoms with Crippen LogP contribution >= 0.6 is 11.8 Å². The first-order chi connectivity index (χ1) is 15.0. The molecule has 2 aromatic heterocycles. The van der Waals surface area contributed by atoms with Gasteiger partial charge in [-0.15, -0.1) is 0 Å². The molecule has 0 unspecified atom stereocenters. The van der Waals surface area contributed by atoms with Crippen LogP contribution in [0, 0.1) is 17.0 Å². The van der Waals surface area contributed by atoms with Crippen LogP contribution < -0.4 is 14.4 Å². The molecule has 1 spiro atoms. The summed E-state index contributed by atoms with van der Waals surface area (Å²) in [6.45, 7) is 2.93. The highest BCUT2D eigenvalue weighted by molar-refractivity contribution is 7.98. The van der Waals surface area contributed by atoms with Gasteiger partial charge in [0.25, 0.3) is 0 Å². The molecule has 4 heterocycles. The zero-order valence-electron chi connectivity index (χ0n) is 17.2. The minimum absolute atomic E-state index is 0.125. The summed E-state index contributed by atoms with van der Waals surface area (Å²) in [5.41, 5.74) is 0.597. The van der Waals surface area contributed by atoms with E-state index in [0.29, 0.717) is 35.1 Å². The lowest BCUT2D eigenvalue weighted by atomic mass is 9.78. The van der Waals surface area contributed by atoms with Gasteiger partial charge in [0.05, 0.1) is 44.1 Å². The number of fused-ring (bicyclic) bond motifs is 1. The maximum absolute atomic E-state index is 15.1. The number of nitrogens with zero attached hydrogens (tertiary/aromatic N) is 4. The number of hydrogen-bond donors (Lipinski definition) is 0. The van der Waals surface area contributed by atoms with Crippen LogP contribution in [0.25, 0.3) is 22.2 Å². The van der Waals surface area contributed by atoms with Crippen molar-refractivity contribution in [2.24, 2.45) is 5.41 Å². The molecule has 7 nitrogen and oxygen atoms in total. The molecule has 0 radical (unpaired) electrons. The number of aromatic nitrogens is 3. The smallest absolute Gasteiger partial charge is 0.187 e. The molecule has 2 saturated heterocycles. The Labute approximate surface area is 181 Å². The summed E-state index contributed by atoms with van der Waals surface area (Å²) in [5.74, 6) is -1.36. The summed E-state index contributed by atoms with van der Waals surface area (Å²) >= 11 is 1.42. The second kappa shape index (κ2) is 7.45. The summed E-state index contributed by atoms with van der Waals surface area (Å²) in [7, 11) is 2.63. The van der Waals surface area contributed by atoms with Crippen molar-refractivity contribution in [2.75, 3.05) is 51.7 Å². The summed E-state index contributed by atoms with van der Waals surface area (Å²) in [6.07, 6.45) is 3.54. The minimum Gasteiger partial charge on any atom is -0.494 e. The molecule has 162 valence electrons. The predicted octanol–water partition coefficient (Wildman–Crippen LogP) is 3.55. The van der Waals surface area contributed by atoms with E-state index in [9.17, 15) is 0 Å². The largest absolute Gasteiger partial charge is 0.494 e. The highest BCUT2D eigenvalue weighted by atomic mass is 32.2. The zero-order valence-corrected chi connectivity index (χ0v) is 18.1. The summed E-state index contributed by atoms with van der Waals surface area (Å²) in [5, 5.41) is 1.25. The van der Waals surface area contributed by atoms with Crippen molar-refractivity contribution < 1.29 is 23.0 Å². The molecule has 0 aliphatic carbocycles. The highest BCUT2D eigenvalue weighted by Gasteiger charge is 2.50. The molecule has 2 aliphatic rings. The fourth-order valence-corrected chi connectivity index (χ4v) is 4.39. The summed E-state index contributed by atoms with van der Waals surface area (Å²) in [6, 6.07) is 2.77. The lowest BCUT2D eigenvalue weighted by molar-refractivity contribution is -0.127. The van der Waals surface area contributed by atoms with E-state index in [4.69, 9.17) is 14.2 Å². The summed E-state index contributed by atoms with van der Waals surface area (Å²) in [4.78, 5) is 15.7. The number of anilines is 1. The van der Waals surface area contributed by atoms with E-state index in [-0.39, 0.29) is 28.2 Å². The molecule has 0 saturated carbocycles. The van der Waals surface area contributed by atoms with E-state index in [2.05, 4.69) is 19.9 Å². The van der Waals surface area contributed by atoms with Crippen LogP contribution in [0.15, 0.2) is 23.5 Å². The molecule has 1 aromatic carbocycles. The molecule has 0 atom stereocenters. The van der Waals surface area contributed by atoms with Gasteiger partial charge in [-0.2, -0.15) is 0 Å². The molecule has 31 heavy (non-hydrogen) atoms. The van der Waals surface area contributed by atoms with E-state index in [1.165, 1.54) is 32.0 Å². The van der Waals surface area contributed by atoms with Crippen molar-refractivity contribution in [3.63, 3.8) is 0 Å². The third-order valence-corrected chi connectivity index (χ3v) is 6.27. The van der Waals surface area contributed by atoms with E-state index in [0.717, 1.165) is 13.1 Å². The molecule has 3 aromatic rings. The molecule has 0 N–H and O–H groups in total. The van der Waals surface area contributed by atoms with E-state index < -0.39 is 11.6 Å². The molecular formula is C21H20F2N4O3S. The summed E-state index contributed by atoms with van der Waals surface area (Å²) < 4.78 is 45.8. The van der Waals surface area contributed by atoms with E-state index >= 15 is 8.78 Å². The maximum Gasteiger partial charge on any atom is 0.187 e. The van der Waals surface area contributed by atoms with Gasteiger partial charge in [0, 0.05) is 30.7 Å². The predicted molar refractivity (Wildman–Crippen MR) is 113 cm³/mol. The van der Waals surface area contributed by atoms with Gasteiger partial charge in [0.15, 0.2) is 34.1 Å². The monoisotopic (exact) mass is 446 g/mol. The van der Waals surface area contributed by atoms with Gasteiger partial charge in [-0.05, 0) is 12.3 Å². The topological polar surface area (TPSA) is 69.6 Å². The number of pyridine rings is 1. The van der Waals surface area contributed by atoms with Gasteiger partial charge in [-0.1, -0.05) is 11.8 Å². The third kappa shape index (κ3) is 3.16. The molecule has 2 fully saturated rings. The zero-order chi connectivity index (χ0) is 21.8. The Hall–Kier alpha value is -2.72. The number of methoxy groups -OCH3 is 2. The third-order valence-electron chi connectivity index (χ3n) is 5.71. The quantitative estimate of drug-likeness (QED) is 0.436. The second-order valence-electron chi connectivity index (χ2n) is 7.76. The van der Waals surface area contributed by atoms with Crippen molar-refractivity contribution in [3.05, 3.63) is 30.0 Å². The molecule has 0 amide bonds. The Morgan fingerprint density at radius 2 is 1.74 bits per heavy atom. The van der Waals surface area contributed by atoms with Crippen molar-refractivity contribution in [3.8, 4) is 22.8 Å². The van der Waals surface area contributed by atoms with Crippen LogP contribution in [0.2, 0.25) is 0 Å². The Balaban J connectivity index is 1.70. The van der Waals surface area contributed by atoms with Crippen molar-refractivity contribution >= 4 is 28.5 Å². The van der Waals surface area contributed by atoms with Gasteiger partial charge in [-0.25, -0.2) is 23.7 Å². The van der Waals surface area contributed by atoms with Gasteiger partial charge in [-0.3, -0.25) is 0 Å². The van der Waals surface area contributed by atoms with Crippen LogP contribution in [0.1, 0.15) is 0 Å². The van der Waals surface area contributed by atoms with Crippen molar-refractivity contribution in [1.82, 2.24) is 15.0 Å². The van der Waals surface area contributed by atoms with Gasteiger partial charge < -0.3 is 19.1 Å². The normalized spacial score (nSPS) is 16.9.